The Hall–Kier alpha value is -3.06. The molecule has 0 unspecified atom stereocenters. The Kier molecular flexibility index (Phi) is 4.73. The molecule has 2 aromatic rings. The number of carboxylic acid groups (broad SMARTS) is 1. The summed E-state index contributed by atoms with van der Waals surface area (Å²) in [7, 11) is 0. The number of carbonyl (C=O) groups excluding carboxylic acids is 1. The van der Waals surface area contributed by atoms with Gasteiger partial charge in [-0.25, -0.2) is 4.79 Å². The van der Waals surface area contributed by atoms with Crippen molar-refractivity contribution in [1.82, 2.24) is 0 Å². The van der Waals surface area contributed by atoms with Crippen molar-refractivity contribution in [3.8, 4) is 17.6 Å². The number of carboxylic acids is 1. The molecule has 0 aliphatic rings. The average molecular weight is 280 g/mol. The van der Waals surface area contributed by atoms with E-state index in [0.717, 1.165) is 5.56 Å². The van der Waals surface area contributed by atoms with Crippen molar-refractivity contribution in [3.63, 3.8) is 0 Å². The number of hydrogen-bond donors (Lipinski definition) is 1. The van der Waals surface area contributed by atoms with Gasteiger partial charge in [-0.3, -0.25) is 4.79 Å². The van der Waals surface area contributed by atoms with Crippen molar-refractivity contribution < 1.29 is 19.4 Å². The van der Waals surface area contributed by atoms with Gasteiger partial charge in [-0.2, -0.15) is 0 Å². The van der Waals surface area contributed by atoms with E-state index in [1.165, 1.54) is 12.1 Å². The molecule has 0 heterocycles. The first-order valence-electron chi connectivity index (χ1n) is 6.21. The predicted molar refractivity (Wildman–Crippen MR) is 77.2 cm³/mol. The normalized spacial score (nSPS) is 9.33. The summed E-state index contributed by atoms with van der Waals surface area (Å²) in [4.78, 5) is 21.7. The number of benzene rings is 2. The Morgan fingerprint density at radius 1 is 1.00 bits per heavy atom. The topological polar surface area (TPSA) is 63.6 Å². The summed E-state index contributed by atoms with van der Waals surface area (Å²) in [5.41, 5.74) is 1.02. The second-order valence-corrected chi connectivity index (χ2v) is 4.12. The minimum absolute atomic E-state index is 0.116. The molecule has 0 aliphatic carbocycles. The number of carbonyl (C=O) groups is 2. The van der Waals surface area contributed by atoms with Crippen LogP contribution in [0.3, 0.4) is 0 Å². The van der Waals surface area contributed by atoms with Crippen LogP contribution in [0.5, 0.6) is 5.75 Å². The van der Waals surface area contributed by atoms with Crippen LogP contribution in [0.4, 0.5) is 0 Å². The first kappa shape index (κ1) is 14.4. The third kappa shape index (κ3) is 4.22. The van der Waals surface area contributed by atoms with Gasteiger partial charge in [0.05, 0.1) is 0 Å². The maximum absolute atomic E-state index is 11.2. The number of aliphatic carboxylic acids is 1. The molecule has 0 saturated carbocycles. The van der Waals surface area contributed by atoms with Gasteiger partial charge in [-0.1, -0.05) is 30.0 Å². The van der Waals surface area contributed by atoms with Crippen LogP contribution in [0.25, 0.3) is 0 Å². The van der Waals surface area contributed by atoms with Crippen molar-refractivity contribution in [3.05, 3.63) is 65.7 Å². The van der Waals surface area contributed by atoms with Crippen molar-refractivity contribution in [2.75, 3.05) is 6.61 Å². The van der Waals surface area contributed by atoms with Crippen LogP contribution in [0.15, 0.2) is 54.6 Å². The fraction of sp³-hybridized carbons (Fsp3) is 0.0588. The molecule has 1 N–H and O–H groups in total. The molecule has 104 valence electrons. The van der Waals surface area contributed by atoms with Crippen LogP contribution < -0.4 is 4.74 Å². The summed E-state index contributed by atoms with van der Waals surface area (Å²) in [6.07, 6.45) is 0. The van der Waals surface area contributed by atoms with Gasteiger partial charge >= 0.3 is 5.97 Å². The average Bonchev–Trinajstić information content (AvgIpc) is 2.52. The lowest BCUT2D eigenvalue weighted by atomic mass is 10.1. The van der Waals surface area contributed by atoms with E-state index in [0.29, 0.717) is 5.75 Å². The van der Waals surface area contributed by atoms with Gasteiger partial charge in [0, 0.05) is 11.1 Å². The largest absolute Gasteiger partial charge is 0.481 e. The van der Waals surface area contributed by atoms with Crippen molar-refractivity contribution in [2.45, 2.75) is 0 Å². The van der Waals surface area contributed by atoms with Crippen molar-refractivity contribution >= 4 is 11.8 Å². The zero-order valence-electron chi connectivity index (χ0n) is 11.1. The summed E-state index contributed by atoms with van der Waals surface area (Å²) in [5.74, 6) is 3.94. The molecular formula is C17H12O4. The minimum Gasteiger partial charge on any atom is -0.481 e. The maximum Gasteiger partial charge on any atom is 0.377 e. The fourth-order valence-electron chi connectivity index (χ4n) is 1.61. The Bertz CT molecular complexity index is 691. The first-order chi connectivity index (χ1) is 10.2. The zero-order valence-corrected chi connectivity index (χ0v) is 11.1. The molecule has 0 spiro atoms. The van der Waals surface area contributed by atoms with E-state index < -0.39 is 11.8 Å². The van der Waals surface area contributed by atoms with Crippen molar-refractivity contribution in [2.24, 2.45) is 0 Å². The Balaban J connectivity index is 1.91. The van der Waals surface area contributed by atoms with Crippen molar-refractivity contribution in [1.29, 1.82) is 0 Å². The molecule has 0 saturated heterocycles. The van der Waals surface area contributed by atoms with Crippen LogP contribution in [-0.4, -0.2) is 23.5 Å². The summed E-state index contributed by atoms with van der Waals surface area (Å²) in [5, 5.41) is 8.59. The summed E-state index contributed by atoms with van der Waals surface area (Å²) in [6.45, 7) is 0.209. The van der Waals surface area contributed by atoms with E-state index in [-0.39, 0.29) is 12.2 Å². The molecule has 0 amide bonds. The molecular weight excluding hydrogens is 268 g/mol. The number of Topliss-reactive ketones (excluding diaryl/α,β-unsaturated/α-hetero) is 1. The van der Waals surface area contributed by atoms with E-state index in [9.17, 15) is 9.59 Å². The standard InChI is InChI=1S/C17H12O4/c18-16(17(19)20)14-8-10-15(11-9-14)21-12-4-7-13-5-2-1-3-6-13/h1-3,5-6,8-11H,12H2,(H,19,20). The summed E-state index contributed by atoms with van der Waals surface area (Å²) < 4.78 is 5.39. The van der Waals surface area contributed by atoms with Crippen LogP contribution in [0.2, 0.25) is 0 Å². The number of ketones is 1. The highest BCUT2D eigenvalue weighted by Gasteiger charge is 2.13. The third-order valence-electron chi connectivity index (χ3n) is 2.63. The maximum atomic E-state index is 11.2. The molecule has 4 nitrogen and oxygen atoms in total. The lowest BCUT2D eigenvalue weighted by Gasteiger charge is -2.02. The van der Waals surface area contributed by atoms with E-state index in [4.69, 9.17) is 9.84 Å². The third-order valence-corrected chi connectivity index (χ3v) is 2.63. The van der Waals surface area contributed by atoms with E-state index in [2.05, 4.69) is 11.8 Å². The molecule has 0 aliphatic heterocycles. The quantitative estimate of drug-likeness (QED) is 0.530. The zero-order chi connectivity index (χ0) is 15.1. The Labute approximate surface area is 122 Å². The molecule has 2 rings (SSSR count). The monoisotopic (exact) mass is 280 g/mol. The Morgan fingerprint density at radius 3 is 2.29 bits per heavy atom. The van der Waals surface area contributed by atoms with Gasteiger partial charge < -0.3 is 9.84 Å². The Morgan fingerprint density at radius 2 is 1.67 bits per heavy atom. The van der Waals surface area contributed by atoms with Crippen LogP contribution >= 0.6 is 0 Å². The van der Waals surface area contributed by atoms with Gasteiger partial charge in [0.1, 0.15) is 12.4 Å². The predicted octanol–water partition coefficient (Wildman–Crippen LogP) is 2.38. The molecule has 4 heteroatoms. The summed E-state index contributed by atoms with van der Waals surface area (Å²) in [6, 6.07) is 15.4. The van der Waals surface area contributed by atoms with E-state index in [1.54, 1.807) is 12.1 Å². The van der Waals surface area contributed by atoms with Gasteiger partial charge in [-0.05, 0) is 36.4 Å². The highest BCUT2D eigenvalue weighted by molar-refractivity contribution is 6.39. The summed E-state index contributed by atoms with van der Waals surface area (Å²) >= 11 is 0. The van der Waals surface area contributed by atoms with Gasteiger partial charge in [-0.15, -0.1) is 0 Å². The number of rotatable bonds is 4. The highest BCUT2D eigenvalue weighted by Crippen LogP contribution is 2.12. The SMILES string of the molecule is O=C(O)C(=O)c1ccc(OCC#Cc2ccccc2)cc1. The molecule has 0 atom stereocenters. The van der Waals surface area contributed by atoms with Gasteiger partial charge in [0.25, 0.3) is 5.78 Å². The molecule has 0 fully saturated rings. The van der Waals surface area contributed by atoms with E-state index in [1.807, 2.05) is 30.3 Å². The first-order valence-corrected chi connectivity index (χ1v) is 6.21. The van der Waals surface area contributed by atoms with Gasteiger partial charge in [0.15, 0.2) is 0 Å². The molecule has 0 bridgehead atoms. The number of hydrogen-bond acceptors (Lipinski definition) is 3. The molecule has 0 radical (unpaired) electrons. The molecule has 0 aromatic heterocycles. The van der Waals surface area contributed by atoms with Gasteiger partial charge in [0.2, 0.25) is 0 Å². The second-order valence-electron chi connectivity index (χ2n) is 4.12. The van der Waals surface area contributed by atoms with Crippen LogP contribution in [-0.2, 0) is 4.79 Å². The fourth-order valence-corrected chi connectivity index (χ4v) is 1.61. The lowest BCUT2D eigenvalue weighted by molar-refractivity contribution is -0.131. The minimum atomic E-state index is -1.47. The highest BCUT2D eigenvalue weighted by atomic mass is 16.5. The molecule has 21 heavy (non-hydrogen) atoms. The molecule has 2 aromatic carbocycles. The lowest BCUT2D eigenvalue weighted by Crippen LogP contribution is -2.12. The van der Waals surface area contributed by atoms with Crippen LogP contribution in [0, 0.1) is 11.8 Å². The van der Waals surface area contributed by atoms with E-state index >= 15 is 0 Å². The smallest absolute Gasteiger partial charge is 0.377 e. The second kappa shape index (κ2) is 6.92. The number of ether oxygens (including phenoxy) is 1. The van der Waals surface area contributed by atoms with Crippen LogP contribution in [0.1, 0.15) is 15.9 Å².